The number of hydrogen-bond acceptors (Lipinski definition) is 2. The van der Waals surface area contributed by atoms with Crippen molar-refractivity contribution in [1.29, 1.82) is 0 Å². The molecule has 1 rings (SSSR count). The third-order valence-corrected chi connectivity index (χ3v) is 3.39. The summed E-state index contributed by atoms with van der Waals surface area (Å²) >= 11 is 0. The first-order valence-corrected chi connectivity index (χ1v) is 6.41. The third-order valence-electron chi connectivity index (χ3n) is 3.39. The molecule has 0 aliphatic rings. The summed E-state index contributed by atoms with van der Waals surface area (Å²) in [6, 6.07) is 7.36. The summed E-state index contributed by atoms with van der Waals surface area (Å²) in [6.45, 7) is 5.49. The summed E-state index contributed by atoms with van der Waals surface area (Å²) in [5.74, 6) is 0. The molecule has 0 aromatic heterocycles. The molecular formula is C15H26N2. The molecule has 96 valence electrons. The summed E-state index contributed by atoms with van der Waals surface area (Å²) in [5, 5.41) is 3.41. The fourth-order valence-corrected chi connectivity index (χ4v) is 1.98. The Morgan fingerprint density at radius 1 is 1.18 bits per heavy atom. The first-order valence-electron chi connectivity index (χ1n) is 6.41. The van der Waals surface area contributed by atoms with Gasteiger partial charge < -0.3 is 10.2 Å². The highest BCUT2D eigenvalue weighted by molar-refractivity contribution is 5.30. The molecule has 0 bridgehead atoms. The zero-order valence-corrected chi connectivity index (χ0v) is 11.9. The monoisotopic (exact) mass is 234 g/mol. The number of nitrogens with zero attached hydrogens (tertiary/aromatic N) is 1. The van der Waals surface area contributed by atoms with Gasteiger partial charge in [0.2, 0.25) is 0 Å². The maximum absolute atomic E-state index is 3.41. The normalized spacial score (nSPS) is 13.1. The van der Waals surface area contributed by atoms with E-state index < -0.39 is 0 Å². The second-order valence-electron chi connectivity index (χ2n) is 5.20. The standard InChI is InChI=1S/C15H26N2/c1-12-6-7-14(10-13(12)2)11-15(16-3)8-9-17(4)5/h6-7,10,15-16H,8-9,11H2,1-5H3. The molecule has 0 amide bonds. The Morgan fingerprint density at radius 3 is 2.41 bits per heavy atom. The van der Waals surface area contributed by atoms with Gasteiger partial charge in [-0.2, -0.15) is 0 Å². The average Bonchev–Trinajstić information content (AvgIpc) is 2.28. The maximum atomic E-state index is 3.41. The van der Waals surface area contributed by atoms with E-state index in [1.807, 2.05) is 0 Å². The summed E-state index contributed by atoms with van der Waals surface area (Å²) in [6.07, 6.45) is 2.31. The lowest BCUT2D eigenvalue weighted by molar-refractivity contribution is 0.364. The van der Waals surface area contributed by atoms with Crippen LogP contribution in [0.5, 0.6) is 0 Å². The molecule has 1 aromatic carbocycles. The largest absolute Gasteiger partial charge is 0.317 e. The van der Waals surface area contributed by atoms with E-state index >= 15 is 0 Å². The van der Waals surface area contributed by atoms with E-state index in [1.165, 1.54) is 23.1 Å². The van der Waals surface area contributed by atoms with E-state index in [4.69, 9.17) is 0 Å². The predicted octanol–water partition coefficient (Wildman–Crippen LogP) is 2.39. The highest BCUT2D eigenvalue weighted by Crippen LogP contribution is 2.12. The number of rotatable bonds is 6. The van der Waals surface area contributed by atoms with Crippen LogP contribution >= 0.6 is 0 Å². The fraction of sp³-hybridized carbons (Fsp3) is 0.600. The van der Waals surface area contributed by atoms with Crippen molar-refractivity contribution < 1.29 is 0 Å². The van der Waals surface area contributed by atoms with E-state index in [-0.39, 0.29) is 0 Å². The molecule has 0 aliphatic carbocycles. The second kappa shape index (κ2) is 6.77. The highest BCUT2D eigenvalue weighted by Gasteiger charge is 2.08. The minimum Gasteiger partial charge on any atom is -0.317 e. The Balaban J connectivity index is 2.57. The van der Waals surface area contributed by atoms with Gasteiger partial charge in [0, 0.05) is 6.04 Å². The van der Waals surface area contributed by atoms with Crippen LogP contribution in [0.15, 0.2) is 18.2 Å². The molecule has 0 fully saturated rings. The van der Waals surface area contributed by atoms with E-state index in [1.54, 1.807) is 0 Å². The van der Waals surface area contributed by atoms with Gasteiger partial charge in [0.05, 0.1) is 0 Å². The van der Waals surface area contributed by atoms with Gasteiger partial charge in [0.25, 0.3) is 0 Å². The Hall–Kier alpha value is -0.860. The number of hydrogen-bond donors (Lipinski definition) is 1. The lowest BCUT2D eigenvalue weighted by atomic mass is 9.99. The smallest absolute Gasteiger partial charge is 0.0117 e. The van der Waals surface area contributed by atoms with E-state index in [0.29, 0.717) is 6.04 Å². The van der Waals surface area contributed by atoms with Crippen molar-refractivity contribution in [1.82, 2.24) is 10.2 Å². The van der Waals surface area contributed by atoms with Crippen LogP contribution in [0.4, 0.5) is 0 Å². The average molecular weight is 234 g/mol. The summed E-state index contributed by atoms with van der Waals surface area (Å²) in [5.41, 5.74) is 4.21. The van der Waals surface area contributed by atoms with E-state index in [0.717, 1.165) is 13.0 Å². The topological polar surface area (TPSA) is 15.3 Å². The van der Waals surface area contributed by atoms with Gasteiger partial charge in [-0.05, 0) is 71.1 Å². The fourth-order valence-electron chi connectivity index (χ4n) is 1.98. The molecule has 0 saturated heterocycles. The van der Waals surface area contributed by atoms with Crippen LogP contribution in [0.2, 0.25) is 0 Å². The van der Waals surface area contributed by atoms with Gasteiger partial charge in [0.1, 0.15) is 0 Å². The van der Waals surface area contributed by atoms with Crippen LogP contribution in [0, 0.1) is 13.8 Å². The molecule has 1 N–H and O–H groups in total. The SMILES string of the molecule is CNC(CCN(C)C)Cc1ccc(C)c(C)c1. The number of aryl methyl sites for hydroxylation is 2. The quantitative estimate of drug-likeness (QED) is 0.813. The van der Waals surface area contributed by atoms with Crippen molar-refractivity contribution in [3.63, 3.8) is 0 Å². The van der Waals surface area contributed by atoms with Gasteiger partial charge in [-0.15, -0.1) is 0 Å². The minimum atomic E-state index is 0.569. The maximum Gasteiger partial charge on any atom is 0.0117 e. The van der Waals surface area contributed by atoms with Gasteiger partial charge >= 0.3 is 0 Å². The molecular weight excluding hydrogens is 208 g/mol. The van der Waals surface area contributed by atoms with E-state index in [9.17, 15) is 0 Å². The van der Waals surface area contributed by atoms with Crippen molar-refractivity contribution in [3.8, 4) is 0 Å². The van der Waals surface area contributed by atoms with Crippen LogP contribution < -0.4 is 5.32 Å². The highest BCUT2D eigenvalue weighted by atomic mass is 15.1. The Morgan fingerprint density at radius 2 is 1.88 bits per heavy atom. The molecule has 1 atom stereocenters. The van der Waals surface area contributed by atoms with E-state index in [2.05, 4.69) is 63.4 Å². The van der Waals surface area contributed by atoms with Gasteiger partial charge in [0.15, 0.2) is 0 Å². The van der Waals surface area contributed by atoms with Crippen LogP contribution in [-0.4, -0.2) is 38.6 Å². The third kappa shape index (κ3) is 4.88. The van der Waals surface area contributed by atoms with Crippen LogP contribution in [-0.2, 0) is 6.42 Å². The zero-order chi connectivity index (χ0) is 12.8. The lowest BCUT2D eigenvalue weighted by Crippen LogP contribution is -2.31. The van der Waals surface area contributed by atoms with Gasteiger partial charge in [-0.1, -0.05) is 18.2 Å². The van der Waals surface area contributed by atoms with Crippen molar-refractivity contribution in [2.75, 3.05) is 27.7 Å². The van der Waals surface area contributed by atoms with Crippen LogP contribution in [0.3, 0.4) is 0 Å². The number of nitrogens with one attached hydrogen (secondary N) is 1. The molecule has 1 unspecified atom stereocenters. The number of likely N-dealkylation sites (N-methyl/N-ethyl adjacent to an activating group) is 1. The van der Waals surface area contributed by atoms with Crippen molar-refractivity contribution >= 4 is 0 Å². The Bertz CT molecular complexity index is 345. The van der Waals surface area contributed by atoms with Gasteiger partial charge in [-0.3, -0.25) is 0 Å². The summed E-state index contributed by atoms with van der Waals surface area (Å²) < 4.78 is 0. The molecule has 0 aliphatic heterocycles. The molecule has 0 heterocycles. The summed E-state index contributed by atoms with van der Waals surface area (Å²) in [7, 11) is 6.31. The van der Waals surface area contributed by atoms with Crippen molar-refractivity contribution in [2.45, 2.75) is 32.7 Å². The van der Waals surface area contributed by atoms with Crippen LogP contribution in [0.25, 0.3) is 0 Å². The first-order chi connectivity index (χ1) is 8.02. The Kier molecular flexibility index (Phi) is 5.66. The number of benzene rings is 1. The molecule has 17 heavy (non-hydrogen) atoms. The molecule has 1 aromatic rings. The van der Waals surface area contributed by atoms with Crippen molar-refractivity contribution in [2.24, 2.45) is 0 Å². The second-order valence-corrected chi connectivity index (χ2v) is 5.20. The molecule has 0 spiro atoms. The lowest BCUT2D eigenvalue weighted by Gasteiger charge is -2.19. The Labute approximate surface area is 106 Å². The molecule has 0 radical (unpaired) electrons. The van der Waals surface area contributed by atoms with Crippen LogP contribution in [0.1, 0.15) is 23.1 Å². The molecule has 2 nitrogen and oxygen atoms in total. The molecule has 0 saturated carbocycles. The molecule has 2 heteroatoms. The summed E-state index contributed by atoms with van der Waals surface area (Å²) in [4.78, 5) is 2.24. The predicted molar refractivity (Wildman–Crippen MR) is 75.6 cm³/mol. The van der Waals surface area contributed by atoms with Gasteiger partial charge in [-0.25, -0.2) is 0 Å². The first kappa shape index (κ1) is 14.2. The zero-order valence-electron chi connectivity index (χ0n) is 11.9. The minimum absolute atomic E-state index is 0.569. The van der Waals surface area contributed by atoms with Crippen molar-refractivity contribution in [3.05, 3.63) is 34.9 Å².